The Hall–Kier alpha value is -2.28. The molecule has 2 rings (SSSR count). The van der Waals surface area contributed by atoms with Gasteiger partial charge >= 0.3 is 0 Å². The minimum Gasteiger partial charge on any atom is -0.490 e. The summed E-state index contributed by atoms with van der Waals surface area (Å²) in [4.78, 5) is 12.3. The van der Waals surface area contributed by atoms with Gasteiger partial charge in [-0.1, -0.05) is 6.07 Å². The molecule has 0 radical (unpaired) electrons. The van der Waals surface area contributed by atoms with Crippen molar-refractivity contribution in [1.82, 2.24) is 16.0 Å². The van der Waals surface area contributed by atoms with Gasteiger partial charge < -0.3 is 25.4 Å². The first kappa shape index (κ1) is 18.1. The fourth-order valence-electron chi connectivity index (χ4n) is 2.63. The molecule has 7 heteroatoms. The molecule has 6 nitrogen and oxygen atoms in total. The first-order valence-corrected chi connectivity index (χ1v) is 8.32. The number of amides is 1. The van der Waals surface area contributed by atoms with Gasteiger partial charge in [-0.05, 0) is 50.7 Å². The second kappa shape index (κ2) is 8.01. The van der Waals surface area contributed by atoms with Crippen LogP contribution in [-0.2, 0) is 4.79 Å². The third kappa shape index (κ3) is 3.79. The average molecular weight is 349 g/mol. The van der Waals surface area contributed by atoms with Crippen LogP contribution in [0.3, 0.4) is 0 Å². The van der Waals surface area contributed by atoms with E-state index < -0.39 is 0 Å². The molecule has 24 heavy (non-hydrogen) atoms. The lowest BCUT2D eigenvalue weighted by Gasteiger charge is -2.30. The number of carbonyl (C=O) groups excluding carboxylic acids is 1. The number of allylic oxidation sites excluding steroid dienone is 1. The van der Waals surface area contributed by atoms with E-state index >= 15 is 0 Å². The average Bonchev–Trinajstić information content (AvgIpc) is 2.55. The van der Waals surface area contributed by atoms with Crippen molar-refractivity contribution in [2.75, 3.05) is 20.3 Å². The molecule has 1 aliphatic rings. The van der Waals surface area contributed by atoms with Crippen molar-refractivity contribution >= 4 is 23.2 Å². The molecular weight excluding hydrogens is 326 g/mol. The molecule has 0 saturated carbocycles. The molecule has 1 aliphatic heterocycles. The van der Waals surface area contributed by atoms with Crippen LogP contribution in [0.25, 0.3) is 0 Å². The number of ether oxygens (including phenoxy) is 2. The Morgan fingerprint density at radius 1 is 1.25 bits per heavy atom. The van der Waals surface area contributed by atoms with Crippen LogP contribution in [0.5, 0.6) is 11.5 Å². The van der Waals surface area contributed by atoms with Gasteiger partial charge in [0.05, 0.1) is 24.8 Å². The number of thiocarbonyl (C=S) groups is 1. The minimum atomic E-state index is -0.353. The van der Waals surface area contributed by atoms with Crippen LogP contribution in [0.2, 0.25) is 0 Å². The maximum absolute atomic E-state index is 12.3. The SMILES string of the molecule is CCOc1ccc(C2NC(=S)NC(C)=C2C(=O)NC)cc1OCC. The normalized spacial score (nSPS) is 17.0. The van der Waals surface area contributed by atoms with E-state index in [0.717, 1.165) is 11.3 Å². The van der Waals surface area contributed by atoms with Gasteiger partial charge in [0, 0.05) is 12.7 Å². The molecular formula is C17H23N3O3S. The lowest BCUT2D eigenvalue weighted by Crippen LogP contribution is -2.46. The Kier molecular flexibility index (Phi) is 6.03. The quantitative estimate of drug-likeness (QED) is 0.683. The van der Waals surface area contributed by atoms with Gasteiger partial charge in [-0.2, -0.15) is 0 Å². The predicted octanol–water partition coefficient (Wildman–Crippen LogP) is 2.02. The summed E-state index contributed by atoms with van der Waals surface area (Å²) in [5, 5.41) is 9.31. The molecule has 0 aliphatic carbocycles. The number of hydrogen-bond donors (Lipinski definition) is 3. The predicted molar refractivity (Wildman–Crippen MR) is 97.2 cm³/mol. The number of rotatable bonds is 6. The van der Waals surface area contributed by atoms with Gasteiger partial charge in [0.25, 0.3) is 5.91 Å². The van der Waals surface area contributed by atoms with Crippen LogP contribution in [-0.4, -0.2) is 31.3 Å². The Balaban J connectivity index is 2.47. The molecule has 1 unspecified atom stereocenters. The number of hydrogen-bond acceptors (Lipinski definition) is 4. The first-order chi connectivity index (χ1) is 11.5. The molecule has 0 saturated heterocycles. The van der Waals surface area contributed by atoms with Crippen LogP contribution < -0.4 is 25.4 Å². The third-order valence-electron chi connectivity index (χ3n) is 3.64. The molecule has 0 spiro atoms. The van der Waals surface area contributed by atoms with Crippen molar-refractivity contribution in [3.05, 3.63) is 35.0 Å². The smallest absolute Gasteiger partial charge is 0.251 e. The minimum absolute atomic E-state index is 0.160. The fraction of sp³-hybridized carbons (Fsp3) is 0.412. The molecule has 1 aromatic carbocycles. The summed E-state index contributed by atoms with van der Waals surface area (Å²) >= 11 is 5.24. The van der Waals surface area contributed by atoms with Crippen molar-refractivity contribution in [3.63, 3.8) is 0 Å². The fourth-order valence-corrected chi connectivity index (χ4v) is 2.90. The van der Waals surface area contributed by atoms with Gasteiger partial charge in [-0.15, -0.1) is 0 Å². The Morgan fingerprint density at radius 2 is 1.92 bits per heavy atom. The number of carbonyl (C=O) groups is 1. The van der Waals surface area contributed by atoms with E-state index in [1.54, 1.807) is 7.05 Å². The van der Waals surface area contributed by atoms with Crippen LogP contribution >= 0.6 is 12.2 Å². The second-order valence-corrected chi connectivity index (χ2v) is 5.63. The Morgan fingerprint density at radius 3 is 2.54 bits per heavy atom. The second-order valence-electron chi connectivity index (χ2n) is 5.22. The Labute approximate surface area is 147 Å². The van der Waals surface area contributed by atoms with E-state index in [1.165, 1.54) is 0 Å². The standard InChI is InChI=1S/C17H23N3O3S/c1-5-22-12-8-7-11(9-13(12)23-6-2)15-14(16(21)18-4)10(3)19-17(24)20-15/h7-9,15H,5-6H2,1-4H3,(H,18,21)(H2,19,20,24). The van der Waals surface area contributed by atoms with Crippen LogP contribution in [0.4, 0.5) is 0 Å². The molecule has 130 valence electrons. The van der Waals surface area contributed by atoms with E-state index in [2.05, 4.69) is 16.0 Å². The monoisotopic (exact) mass is 349 g/mol. The van der Waals surface area contributed by atoms with Crippen molar-refractivity contribution in [2.45, 2.75) is 26.8 Å². The zero-order valence-corrected chi connectivity index (χ0v) is 15.2. The molecule has 3 N–H and O–H groups in total. The first-order valence-electron chi connectivity index (χ1n) is 7.91. The molecule has 1 heterocycles. The topological polar surface area (TPSA) is 71.6 Å². The van der Waals surface area contributed by atoms with Crippen molar-refractivity contribution in [1.29, 1.82) is 0 Å². The molecule has 0 bridgehead atoms. The summed E-state index contributed by atoms with van der Waals surface area (Å²) in [6, 6.07) is 5.30. The van der Waals surface area contributed by atoms with E-state index in [9.17, 15) is 4.79 Å². The summed E-state index contributed by atoms with van der Waals surface area (Å²) in [5.74, 6) is 1.17. The Bertz CT molecular complexity index is 673. The van der Waals surface area contributed by atoms with Crippen LogP contribution in [0, 0.1) is 0 Å². The summed E-state index contributed by atoms with van der Waals surface area (Å²) in [7, 11) is 1.61. The van der Waals surface area contributed by atoms with Crippen LogP contribution in [0.1, 0.15) is 32.4 Å². The van der Waals surface area contributed by atoms with Gasteiger partial charge in [-0.25, -0.2) is 0 Å². The third-order valence-corrected chi connectivity index (χ3v) is 3.86. The zero-order valence-electron chi connectivity index (χ0n) is 14.4. The molecule has 1 atom stereocenters. The highest BCUT2D eigenvalue weighted by Crippen LogP contribution is 2.34. The van der Waals surface area contributed by atoms with E-state index in [0.29, 0.717) is 35.4 Å². The summed E-state index contributed by atoms with van der Waals surface area (Å²) in [5.41, 5.74) is 2.20. The summed E-state index contributed by atoms with van der Waals surface area (Å²) < 4.78 is 11.3. The largest absolute Gasteiger partial charge is 0.490 e. The van der Waals surface area contributed by atoms with Crippen molar-refractivity contribution < 1.29 is 14.3 Å². The lowest BCUT2D eigenvalue weighted by molar-refractivity contribution is -0.117. The molecule has 1 aromatic rings. The lowest BCUT2D eigenvalue weighted by atomic mass is 9.94. The van der Waals surface area contributed by atoms with Crippen LogP contribution in [0.15, 0.2) is 29.5 Å². The van der Waals surface area contributed by atoms with Gasteiger partial charge in [-0.3, -0.25) is 4.79 Å². The van der Waals surface area contributed by atoms with Crippen molar-refractivity contribution in [3.8, 4) is 11.5 Å². The van der Waals surface area contributed by atoms with Gasteiger partial charge in [0.1, 0.15) is 0 Å². The maximum Gasteiger partial charge on any atom is 0.251 e. The van der Waals surface area contributed by atoms with E-state index in [1.807, 2.05) is 39.0 Å². The molecule has 0 aromatic heterocycles. The molecule has 0 fully saturated rings. The zero-order chi connectivity index (χ0) is 17.7. The van der Waals surface area contributed by atoms with Crippen molar-refractivity contribution in [2.24, 2.45) is 0 Å². The van der Waals surface area contributed by atoms with Gasteiger partial charge in [0.15, 0.2) is 16.6 Å². The highest BCUT2D eigenvalue weighted by Gasteiger charge is 2.29. The highest BCUT2D eigenvalue weighted by molar-refractivity contribution is 7.80. The number of benzene rings is 1. The van der Waals surface area contributed by atoms with E-state index in [-0.39, 0.29) is 11.9 Å². The maximum atomic E-state index is 12.3. The number of nitrogens with one attached hydrogen (secondary N) is 3. The molecule has 1 amide bonds. The highest BCUT2D eigenvalue weighted by atomic mass is 32.1. The number of likely N-dealkylation sites (N-methyl/N-ethyl adjacent to an activating group) is 1. The summed E-state index contributed by atoms with van der Waals surface area (Å²) in [6.07, 6.45) is 0. The van der Waals surface area contributed by atoms with E-state index in [4.69, 9.17) is 21.7 Å². The summed E-state index contributed by atoms with van der Waals surface area (Å²) in [6.45, 7) is 6.76. The van der Waals surface area contributed by atoms with Gasteiger partial charge in [0.2, 0.25) is 0 Å².